The summed E-state index contributed by atoms with van der Waals surface area (Å²) in [6.45, 7) is 2.07. The van der Waals surface area contributed by atoms with Crippen LogP contribution in [0.5, 0.6) is 0 Å². The molecule has 3 nitrogen and oxygen atoms in total. The second-order valence-electron chi connectivity index (χ2n) is 4.41. The van der Waals surface area contributed by atoms with Gasteiger partial charge in [-0.05, 0) is 42.3 Å². The van der Waals surface area contributed by atoms with Crippen LogP contribution in [0.2, 0.25) is 10.3 Å². The predicted octanol–water partition coefficient (Wildman–Crippen LogP) is 5.44. The quantitative estimate of drug-likeness (QED) is 0.644. The minimum atomic E-state index is -0.416. The van der Waals surface area contributed by atoms with Crippen molar-refractivity contribution < 1.29 is 4.39 Å². The lowest BCUT2D eigenvalue weighted by atomic mass is 10.2. The highest BCUT2D eigenvalue weighted by atomic mass is 35.5. The third-order valence-electron chi connectivity index (χ3n) is 2.89. The van der Waals surface area contributed by atoms with Crippen molar-refractivity contribution in [2.24, 2.45) is 0 Å². The molecule has 1 N–H and O–H groups in total. The maximum atomic E-state index is 13.4. The first-order valence-electron chi connectivity index (χ1n) is 6.24. The monoisotopic (exact) mass is 341 g/mol. The largest absolute Gasteiger partial charge is 0.339 e. The highest BCUT2D eigenvalue weighted by Gasteiger charge is 2.11. The summed E-state index contributed by atoms with van der Waals surface area (Å²) in [7, 11) is 0. The van der Waals surface area contributed by atoms with Gasteiger partial charge in [-0.15, -0.1) is 11.3 Å². The van der Waals surface area contributed by atoms with E-state index in [1.807, 2.05) is 6.07 Å². The normalized spacial score (nSPS) is 11.0. The molecule has 0 saturated carbocycles. The van der Waals surface area contributed by atoms with Gasteiger partial charge in [0.25, 0.3) is 0 Å². The van der Waals surface area contributed by atoms with Crippen molar-refractivity contribution in [1.29, 1.82) is 0 Å². The number of benzene rings is 1. The van der Waals surface area contributed by atoms with E-state index in [0.717, 1.165) is 16.6 Å². The predicted molar refractivity (Wildman–Crippen MR) is 86.5 cm³/mol. The lowest BCUT2D eigenvalue weighted by Gasteiger charge is -2.07. The molecule has 3 aromatic rings. The SMILES string of the molecule is CCc1cc2c(Nc3cc(F)cc(Cl)c3)nc(Cl)nc2s1. The summed E-state index contributed by atoms with van der Waals surface area (Å²) in [5.74, 6) is 0.128. The van der Waals surface area contributed by atoms with Crippen molar-refractivity contribution >= 4 is 56.3 Å². The molecule has 0 atom stereocenters. The molecule has 21 heavy (non-hydrogen) atoms. The maximum Gasteiger partial charge on any atom is 0.225 e. The van der Waals surface area contributed by atoms with Crippen LogP contribution in [-0.4, -0.2) is 9.97 Å². The van der Waals surface area contributed by atoms with Crippen LogP contribution in [0.25, 0.3) is 10.2 Å². The number of fused-ring (bicyclic) bond motifs is 1. The number of anilines is 2. The molecule has 0 spiro atoms. The standard InChI is InChI=1S/C14H10Cl2FN3S/c1-2-10-6-11-12(19-14(16)20-13(11)21-10)18-9-4-7(15)3-8(17)5-9/h3-6H,2H2,1H3,(H,18,19,20). The van der Waals surface area contributed by atoms with Gasteiger partial charge in [-0.25, -0.2) is 9.37 Å². The summed E-state index contributed by atoms with van der Waals surface area (Å²) in [6.07, 6.45) is 0.907. The number of thiophene rings is 1. The van der Waals surface area contributed by atoms with Crippen molar-refractivity contribution in [3.8, 4) is 0 Å². The second kappa shape index (κ2) is 5.75. The Kier molecular flexibility index (Phi) is 3.97. The molecular weight excluding hydrogens is 332 g/mol. The number of halogens is 3. The zero-order valence-electron chi connectivity index (χ0n) is 11.0. The van der Waals surface area contributed by atoms with Crippen LogP contribution in [0.15, 0.2) is 24.3 Å². The Morgan fingerprint density at radius 2 is 2.00 bits per heavy atom. The van der Waals surface area contributed by atoms with Crippen LogP contribution in [0.4, 0.5) is 15.9 Å². The molecule has 1 aromatic carbocycles. The zero-order chi connectivity index (χ0) is 15.0. The molecule has 3 rings (SSSR count). The molecule has 0 saturated heterocycles. The number of hydrogen-bond donors (Lipinski definition) is 1. The molecular formula is C14H10Cl2FN3S. The van der Waals surface area contributed by atoms with E-state index in [9.17, 15) is 4.39 Å². The van der Waals surface area contributed by atoms with Crippen LogP contribution in [0.3, 0.4) is 0 Å². The van der Waals surface area contributed by atoms with Crippen molar-refractivity contribution in [3.63, 3.8) is 0 Å². The summed E-state index contributed by atoms with van der Waals surface area (Å²) in [5, 5.41) is 4.38. The fraction of sp³-hybridized carbons (Fsp3) is 0.143. The van der Waals surface area contributed by atoms with E-state index < -0.39 is 5.82 Å². The van der Waals surface area contributed by atoms with Gasteiger partial charge < -0.3 is 5.32 Å². The number of nitrogens with zero attached hydrogens (tertiary/aromatic N) is 2. The first kappa shape index (κ1) is 14.5. The Balaban J connectivity index is 2.08. The molecule has 0 aliphatic carbocycles. The Hall–Kier alpha value is -1.43. The lowest BCUT2D eigenvalue weighted by Crippen LogP contribution is -1.96. The molecule has 2 aromatic heterocycles. The summed E-state index contributed by atoms with van der Waals surface area (Å²) in [4.78, 5) is 10.4. The molecule has 0 aliphatic rings. The topological polar surface area (TPSA) is 37.8 Å². The van der Waals surface area contributed by atoms with Gasteiger partial charge in [0.1, 0.15) is 16.5 Å². The average molecular weight is 342 g/mol. The van der Waals surface area contributed by atoms with E-state index in [0.29, 0.717) is 16.5 Å². The van der Waals surface area contributed by atoms with Gasteiger partial charge in [-0.1, -0.05) is 18.5 Å². The smallest absolute Gasteiger partial charge is 0.225 e. The van der Waals surface area contributed by atoms with Crippen LogP contribution in [0, 0.1) is 5.82 Å². The van der Waals surface area contributed by atoms with E-state index in [2.05, 4.69) is 22.2 Å². The van der Waals surface area contributed by atoms with Gasteiger partial charge in [0.2, 0.25) is 5.28 Å². The van der Waals surface area contributed by atoms with Gasteiger partial charge >= 0.3 is 0 Å². The molecule has 108 valence electrons. The number of rotatable bonds is 3. The van der Waals surface area contributed by atoms with E-state index in [1.165, 1.54) is 17.0 Å². The minimum Gasteiger partial charge on any atom is -0.339 e. The Morgan fingerprint density at radius 1 is 1.19 bits per heavy atom. The van der Waals surface area contributed by atoms with Crippen LogP contribution in [0.1, 0.15) is 11.8 Å². The zero-order valence-corrected chi connectivity index (χ0v) is 13.3. The van der Waals surface area contributed by atoms with E-state index in [-0.39, 0.29) is 5.28 Å². The van der Waals surface area contributed by atoms with Gasteiger partial charge in [0.05, 0.1) is 5.39 Å². The van der Waals surface area contributed by atoms with Gasteiger partial charge in [-0.2, -0.15) is 4.98 Å². The third-order valence-corrected chi connectivity index (χ3v) is 4.45. The number of aryl methyl sites for hydroxylation is 1. The van der Waals surface area contributed by atoms with E-state index in [4.69, 9.17) is 23.2 Å². The highest BCUT2D eigenvalue weighted by Crippen LogP contribution is 2.32. The number of aromatic nitrogens is 2. The summed E-state index contributed by atoms with van der Waals surface area (Å²) in [6, 6.07) is 6.23. The van der Waals surface area contributed by atoms with Crippen molar-refractivity contribution in [2.45, 2.75) is 13.3 Å². The summed E-state index contributed by atoms with van der Waals surface area (Å²) < 4.78 is 13.4. The highest BCUT2D eigenvalue weighted by molar-refractivity contribution is 7.18. The maximum absolute atomic E-state index is 13.4. The molecule has 2 heterocycles. The summed E-state index contributed by atoms with van der Waals surface area (Å²) in [5.41, 5.74) is 0.514. The molecule has 0 radical (unpaired) electrons. The number of hydrogen-bond acceptors (Lipinski definition) is 4. The first-order valence-corrected chi connectivity index (χ1v) is 7.81. The summed E-state index contributed by atoms with van der Waals surface area (Å²) >= 11 is 13.4. The Bertz CT molecular complexity index is 799. The van der Waals surface area contributed by atoms with Crippen LogP contribution < -0.4 is 5.32 Å². The molecule has 0 aliphatic heterocycles. The van der Waals surface area contributed by atoms with Gasteiger partial charge in [-0.3, -0.25) is 0 Å². The fourth-order valence-electron chi connectivity index (χ4n) is 1.98. The Labute approximate surface area is 134 Å². The van der Waals surface area contributed by atoms with Crippen LogP contribution in [-0.2, 0) is 6.42 Å². The van der Waals surface area contributed by atoms with Gasteiger partial charge in [0.15, 0.2) is 0 Å². The van der Waals surface area contributed by atoms with Crippen LogP contribution >= 0.6 is 34.5 Å². The molecule has 0 bridgehead atoms. The minimum absolute atomic E-state index is 0.150. The Morgan fingerprint density at radius 3 is 2.71 bits per heavy atom. The van der Waals surface area contributed by atoms with Crippen molar-refractivity contribution in [2.75, 3.05) is 5.32 Å². The average Bonchev–Trinajstić information content (AvgIpc) is 2.80. The van der Waals surface area contributed by atoms with Crippen molar-refractivity contribution in [1.82, 2.24) is 9.97 Å². The lowest BCUT2D eigenvalue weighted by molar-refractivity contribution is 0.628. The fourth-order valence-corrected chi connectivity index (χ4v) is 3.39. The van der Waals surface area contributed by atoms with E-state index in [1.54, 1.807) is 17.4 Å². The third kappa shape index (κ3) is 3.10. The number of nitrogens with one attached hydrogen (secondary N) is 1. The second-order valence-corrected chi connectivity index (χ2v) is 6.30. The van der Waals surface area contributed by atoms with E-state index >= 15 is 0 Å². The van der Waals surface area contributed by atoms with Gasteiger partial charge in [0, 0.05) is 15.6 Å². The molecule has 0 amide bonds. The first-order chi connectivity index (χ1) is 10.0. The van der Waals surface area contributed by atoms with Crippen molar-refractivity contribution in [3.05, 3.63) is 45.3 Å². The molecule has 7 heteroatoms. The molecule has 0 fully saturated rings. The molecule has 0 unspecified atom stereocenters.